The summed E-state index contributed by atoms with van der Waals surface area (Å²) in [5, 5.41) is 10.4. The largest absolute Gasteiger partial charge is 0.496 e. The number of aliphatic hydroxyl groups excluding tert-OH is 1. The van der Waals surface area contributed by atoms with Crippen LogP contribution in [-0.4, -0.2) is 24.8 Å². The van der Waals surface area contributed by atoms with Crippen molar-refractivity contribution in [3.8, 4) is 5.75 Å². The van der Waals surface area contributed by atoms with E-state index < -0.39 is 6.10 Å². The quantitative estimate of drug-likeness (QED) is 0.527. The van der Waals surface area contributed by atoms with E-state index in [9.17, 15) is 9.90 Å². The van der Waals surface area contributed by atoms with Crippen LogP contribution in [-0.2, 0) is 16.0 Å². The fourth-order valence-corrected chi connectivity index (χ4v) is 2.42. The van der Waals surface area contributed by atoms with Crippen molar-refractivity contribution in [3.05, 3.63) is 29.3 Å². The number of methoxy groups -OCH3 is 1. The van der Waals surface area contributed by atoms with Gasteiger partial charge in [-0.1, -0.05) is 32.3 Å². The standard InChI is InChI=1S/C18H28O4/c1-4-6-7-8-16(19)15-13-14(9-11-17(15)21-3)10-12-18(20)22-5-2/h9,11,13,16,19H,4-8,10,12H2,1-3H3/t16-/m0/s1. The molecule has 1 atom stereocenters. The average molecular weight is 308 g/mol. The minimum absolute atomic E-state index is 0.191. The Morgan fingerprint density at radius 2 is 2.05 bits per heavy atom. The first-order valence-electron chi connectivity index (χ1n) is 8.12. The molecule has 22 heavy (non-hydrogen) atoms. The molecule has 0 saturated carbocycles. The summed E-state index contributed by atoms with van der Waals surface area (Å²) >= 11 is 0. The summed E-state index contributed by atoms with van der Waals surface area (Å²) in [4.78, 5) is 11.4. The minimum atomic E-state index is -0.524. The molecule has 0 spiro atoms. The second-order valence-electron chi connectivity index (χ2n) is 5.39. The molecule has 0 aromatic heterocycles. The summed E-state index contributed by atoms with van der Waals surface area (Å²) in [7, 11) is 1.61. The van der Waals surface area contributed by atoms with Crippen LogP contribution in [0.15, 0.2) is 18.2 Å². The van der Waals surface area contributed by atoms with Gasteiger partial charge in [-0.25, -0.2) is 0 Å². The maximum Gasteiger partial charge on any atom is 0.306 e. The number of hydrogen-bond acceptors (Lipinski definition) is 4. The topological polar surface area (TPSA) is 55.8 Å². The monoisotopic (exact) mass is 308 g/mol. The van der Waals surface area contributed by atoms with Crippen LogP contribution in [0.1, 0.15) is 63.2 Å². The summed E-state index contributed by atoms with van der Waals surface area (Å²) < 4.78 is 10.3. The molecule has 0 bridgehead atoms. The second kappa shape index (κ2) is 10.2. The lowest BCUT2D eigenvalue weighted by molar-refractivity contribution is -0.143. The Morgan fingerprint density at radius 1 is 1.27 bits per heavy atom. The predicted molar refractivity (Wildman–Crippen MR) is 87.0 cm³/mol. The van der Waals surface area contributed by atoms with Crippen LogP contribution >= 0.6 is 0 Å². The second-order valence-corrected chi connectivity index (χ2v) is 5.39. The molecule has 1 aromatic carbocycles. The van der Waals surface area contributed by atoms with Gasteiger partial charge in [0, 0.05) is 12.0 Å². The van der Waals surface area contributed by atoms with Crippen LogP contribution < -0.4 is 4.74 Å². The van der Waals surface area contributed by atoms with Gasteiger partial charge in [-0.3, -0.25) is 4.79 Å². The smallest absolute Gasteiger partial charge is 0.306 e. The molecule has 1 N–H and O–H groups in total. The molecule has 4 heteroatoms. The van der Waals surface area contributed by atoms with Gasteiger partial charge in [-0.05, 0) is 37.5 Å². The highest BCUT2D eigenvalue weighted by Crippen LogP contribution is 2.30. The lowest BCUT2D eigenvalue weighted by Crippen LogP contribution is -2.06. The number of rotatable bonds is 10. The number of benzene rings is 1. The first-order chi connectivity index (χ1) is 10.6. The van der Waals surface area contributed by atoms with E-state index in [0.29, 0.717) is 25.2 Å². The highest BCUT2D eigenvalue weighted by atomic mass is 16.5. The van der Waals surface area contributed by atoms with Crippen molar-refractivity contribution in [1.82, 2.24) is 0 Å². The fraction of sp³-hybridized carbons (Fsp3) is 0.611. The maximum absolute atomic E-state index is 11.4. The number of carbonyl (C=O) groups excluding carboxylic acids is 1. The number of aryl methyl sites for hydroxylation is 1. The van der Waals surface area contributed by atoms with Crippen molar-refractivity contribution >= 4 is 5.97 Å². The third-order valence-electron chi connectivity index (χ3n) is 3.66. The first-order valence-corrected chi connectivity index (χ1v) is 8.12. The van der Waals surface area contributed by atoms with Crippen molar-refractivity contribution in [3.63, 3.8) is 0 Å². The normalized spacial score (nSPS) is 12.0. The molecule has 0 saturated heterocycles. The van der Waals surface area contributed by atoms with Gasteiger partial charge in [-0.2, -0.15) is 0 Å². The number of ether oxygens (including phenoxy) is 2. The summed E-state index contributed by atoms with van der Waals surface area (Å²) in [5.41, 5.74) is 1.82. The number of esters is 1. The van der Waals surface area contributed by atoms with Gasteiger partial charge in [-0.15, -0.1) is 0 Å². The zero-order chi connectivity index (χ0) is 16.4. The lowest BCUT2D eigenvalue weighted by atomic mass is 9.98. The molecule has 0 heterocycles. The predicted octanol–water partition coefficient (Wildman–Crippen LogP) is 3.80. The Morgan fingerprint density at radius 3 is 2.68 bits per heavy atom. The van der Waals surface area contributed by atoms with Crippen molar-refractivity contribution < 1.29 is 19.4 Å². The fourth-order valence-electron chi connectivity index (χ4n) is 2.42. The number of unbranched alkanes of at least 4 members (excludes halogenated alkanes) is 2. The number of carbonyl (C=O) groups is 1. The van der Waals surface area contributed by atoms with Gasteiger partial charge in [0.2, 0.25) is 0 Å². The van der Waals surface area contributed by atoms with Gasteiger partial charge in [0.05, 0.1) is 19.8 Å². The Balaban J connectivity index is 2.73. The van der Waals surface area contributed by atoms with Crippen LogP contribution in [0, 0.1) is 0 Å². The maximum atomic E-state index is 11.4. The van der Waals surface area contributed by atoms with E-state index in [1.54, 1.807) is 14.0 Å². The Bertz CT molecular complexity index is 456. The molecule has 0 unspecified atom stereocenters. The number of hydrogen-bond donors (Lipinski definition) is 1. The molecule has 0 amide bonds. The van der Waals surface area contributed by atoms with E-state index >= 15 is 0 Å². The molecule has 1 aromatic rings. The Labute approximate surface area is 133 Å². The Hall–Kier alpha value is -1.55. The van der Waals surface area contributed by atoms with Crippen molar-refractivity contribution in [2.24, 2.45) is 0 Å². The molecular weight excluding hydrogens is 280 g/mol. The molecular formula is C18H28O4. The van der Waals surface area contributed by atoms with Crippen LogP contribution in [0.5, 0.6) is 5.75 Å². The number of aliphatic hydroxyl groups is 1. The van der Waals surface area contributed by atoms with E-state index in [1.807, 2.05) is 18.2 Å². The van der Waals surface area contributed by atoms with Crippen LogP contribution in [0.4, 0.5) is 0 Å². The van der Waals surface area contributed by atoms with Crippen molar-refractivity contribution in [2.45, 2.75) is 58.5 Å². The van der Waals surface area contributed by atoms with E-state index in [2.05, 4.69) is 6.92 Å². The summed E-state index contributed by atoms with van der Waals surface area (Å²) in [6.07, 6.45) is 4.40. The highest BCUT2D eigenvalue weighted by Gasteiger charge is 2.14. The Kier molecular flexibility index (Phi) is 8.60. The summed E-state index contributed by atoms with van der Waals surface area (Å²) in [6.45, 7) is 4.35. The highest BCUT2D eigenvalue weighted by molar-refractivity contribution is 5.69. The summed E-state index contributed by atoms with van der Waals surface area (Å²) in [6, 6.07) is 5.73. The molecule has 0 radical (unpaired) electrons. The van der Waals surface area contributed by atoms with Gasteiger partial charge < -0.3 is 14.6 Å². The van der Waals surface area contributed by atoms with E-state index in [-0.39, 0.29) is 5.97 Å². The SMILES string of the molecule is CCCCC[C@H](O)c1cc(CCC(=O)OCC)ccc1OC. The van der Waals surface area contributed by atoms with Crippen molar-refractivity contribution in [1.29, 1.82) is 0 Å². The van der Waals surface area contributed by atoms with Crippen molar-refractivity contribution in [2.75, 3.05) is 13.7 Å². The molecule has 124 valence electrons. The van der Waals surface area contributed by atoms with Crippen LogP contribution in [0.2, 0.25) is 0 Å². The minimum Gasteiger partial charge on any atom is -0.496 e. The molecule has 0 aliphatic carbocycles. The first kappa shape index (κ1) is 18.5. The molecule has 0 fully saturated rings. The average Bonchev–Trinajstić information content (AvgIpc) is 2.53. The van der Waals surface area contributed by atoms with Gasteiger partial charge in [0.25, 0.3) is 0 Å². The zero-order valence-corrected chi connectivity index (χ0v) is 13.9. The third kappa shape index (κ3) is 6.06. The van der Waals surface area contributed by atoms with E-state index in [0.717, 1.165) is 36.8 Å². The van der Waals surface area contributed by atoms with Crippen LogP contribution in [0.3, 0.4) is 0 Å². The van der Waals surface area contributed by atoms with Crippen LogP contribution in [0.25, 0.3) is 0 Å². The lowest BCUT2D eigenvalue weighted by Gasteiger charge is -2.16. The van der Waals surface area contributed by atoms with Gasteiger partial charge >= 0.3 is 5.97 Å². The summed E-state index contributed by atoms with van der Waals surface area (Å²) in [5.74, 6) is 0.507. The van der Waals surface area contributed by atoms with E-state index in [1.165, 1.54) is 0 Å². The molecule has 1 rings (SSSR count). The molecule has 4 nitrogen and oxygen atoms in total. The molecule has 0 aliphatic heterocycles. The zero-order valence-electron chi connectivity index (χ0n) is 13.9. The van der Waals surface area contributed by atoms with E-state index in [4.69, 9.17) is 9.47 Å². The van der Waals surface area contributed by atoms with Gasteiger partial charge in [0.1, 0.15) is 5.75 Å². The third-order valence-corrected chi connectivity index (χ3v) is 3.66. The molecule has 0 aliphatic rings. The van der Waals surface area contributed by atoms with Gasteiger partial charge in [0.15, 0.2) is 0 Å².